The summed E-state index contributed by atoms with van der Waals surface area (Å²) in [7, 11) is -2.85. The topological polar surface area (TPSA) is 69.7 Å². The van der Waals surface area contributed by atoms with Gasteiger partial charge in [0.05, 0.1) is 11.5 Å². The normalized spacial score (nSPS) is 26.5. The zero-order chi connectivity index (χ0) is 20.4. The van der Waals surface area contributed by atoms with Crippen LogP contribution in [-0.2, 0) is 14.6 Å². The maximum Gasteiger partial charge on any atom is 0.227 e. The van der Waals surface area contributed by atoms with E-state index in [1.54, 1.807) is 0 Å². The van der Waals surface area contributed by atoms with E-state index in [2.05, 4.69) is 34.2 Å². The molecule has 3 aliphatic rings. The van der Waals surface area contributed by atoms with Crippen molar-refractivity contribution in [1.29, 1.82) is 0 Å². The fourth-order valence-corrected chi connectivity index (χ4v) is 6.62. The molecule has 0 radical (unpaired) electrons. The van der Waals surface area contributed by atoms with Crippen LogP contribution in [-0.4, -0.2) is 63.0 Å². The first-order valence-corrected chi connectivity index (χ1v) is 12.8. The molecule has 0 aliphatic carbocycles. The second-order valence-corrected chi connectivity index (χ2v) is 11.3. The van der Waals surface area contributed by atoms with E-state index in [4.69, 9.17) is 0 Å². The van der Waals surface area contributed by atoms with E-state index in [-0.39, 0.29) is 23.6 Å². The highest BCUT2D eigenvalue weighted by molar-refractivity contribution is 7.91. The van der Waals surface area contributed by atoms with Crippen molar-refractivity contribution in [3.63, 3.8) is 0 Å². The van der Waals surface area contributed by atoms with Crippen LogP contribution in [0.3, 0.4) is 0 Å². The molecule has 1 aromatic rings. The van der Waals surface area contributed by atoms with Gasteiger partial charge in [0.15, 0.2) is 9.84 Å². The standard InChI is InChI=1S/C22H33N3O3S/c1-17-6-11-24(12-7-17)20-4-2-19(3-5-20)23-22(26)18-8-13-25(14-9-18)21-10-15-29(27,28)16-21/h2-5,17-18,21H,6-16H2,1H3,(H,23,26). The number of hydrogen-bond acceptors (Lipinski definition) is 5. The molecule has 1 unspecified atom stereocenters. The average molecular weight is 420 g/mol. The highest BCUT2D eigenvalue weighted by Gasteiger charge is 2.35. The second-order valence-electron chi connectivity index (χ2n) is 9.07. The Labute approximate surface area is 174 Å². The second kappa shape index (κ2) is 8.64. The SMILES string of the molecule is CC1CCN(c2ccc(NC(=O)C3CCN(C4CCS(=O)(=O)C4)CC3)cc2)CC1. The van der Waals surface area contributed by atoms with Gasteiger partial charge < -0.3 is 10.2 Å². The summed E-state index contributed by atoms with van der Waals surface area (Å²) < 4.78 is 23.4. The molecule has 3 heterocycles. The summed E-state index contributed by atoms with van der Waals surface area (Å²) in [5, 5.41) is 3.07. The number of likely N-dealkylation sites (tertiary alicyclic amines) is 1. The van der Waals surface area contributed by atoms with E-state index in [1.807, 2.05) is 12.1 Å². The first-order valence-electron chi connectivity index (χ1n) is 11.0. The van der Waals surface area contributed by atoms with Gasteiger partial charge >= 0.3 is 0 Å². The smallest absolute Gasteiger partial charge is 0.227 e. The number of benzene rings is 1. The lowest BCUT2D eigenvalue weighted by Crippen LogP contribution is -2.44. The number of piperidine rings is 2. The number of nitrogens with zero attached hydrogens (tertiary/aromatic N) is 2. The number of sulfone groups is 1. The van der Waals surface area contributed by atoms with E-state index in [0.29, 0.717) is 5.75 Å². The lowest BCUT2D eigenvalue weighted by molar-refractivity contribution is -0.121. The third kappa shape index (κ3) is 5.12. The molecule has 3 saturated heterocycles. The Kier molecular flexibility index (Phi) is 6.16. The largest absolute Gasteiger partial charge is 0.372 e. The van der Waals surface area contributed by atoms with E-state index < -0.39 is 9.84 Å². The van der Waals surface area contributed by atoms with Gasteiger partial charge in [-0.05, 0) is 75.4 Å². The number of hydrogen-bond donors (Lipinski definition) is 1. The first kappa shape index (κ1) is 20.7. The van der Waals surface area contributed by atoms with Crippen LogP contribution in [0.5, 0.6) is 0 Å². The molecule has 3 fully saturated rings. The summed E-state index contributed by atoms with van der Waals surface area (Å²) in [6.07, 6.45) is 4.81. The molecule has 1 atom stereocenters. The monoisotopic (exact) mass is 419 g/mol. The minimum atomic E-state index is -2.85. The lowest BCUT2D eigenvalue weighted by Gasteiger charge is -2.35. The minimum Gasteiger partial charge on any atom is -0.372 e. The summed E-state index contributed by atoms with van der Waals surface area (Å²) in [5.74, 6) is 1.50. The quantitative estimate of drug-likeness (QED) is 0.813. The maximum atomic E-state index is 12.7. The highest BCUT2D eigenvalue weighted by Crippen LogP contribution is 2.27. The van der Waals surface area contributed by atoms with Crippen LogP contribution in [0.2, 0.25) is 0 Å². The molecule has 7 heteroatoms. The van der Waals surface area contributed by atoms with Crippen molar-refractivity contribution in [2.75, 3.05) is 47.9 Å². The van der Waals surface area contributed by atoms with Crippen molar-refractivity contribution in [2.24, 2.45) is 11.8 Å². The molecular weight excluding hydrogens is 386 g/mol. The van der Waals surface area contributed by atoms with Crippen molar-refractivity contribution in [3.05, 3.63) is 24.3 Å². The van der Waals surface area contributed by atoms with Crippen molar-refractivity contribution < 1.29 is 13.2 Å². The van der Waals surface area contributed by atoms with Crippen molar-refractivity contribution in [2.45, 2.75) is 45.1 Å². The number of carbonyl (C=O) groups excluding carboxylic acids is 1. The molecule has 4 rings (SSSR count). The summed E-state index contributed by atoms with van der Waals surface area (Å²) in [6.45, 7) is 6.15. The Morgan fingerprint density at radius 1 is 0.966 bits per heavy atom. The number of anilines is 2. The molecular formula is C22H33N3O3S. The number of nitrogens with one attached hydrogen (secondary N) is 1. The number of amides is 1. The molecule has 1 amide bonds. The zero-order valence-corrected chi connectivity index (χ0v) is 18.2. The molecule has 6 nitrogen and oxygen atoms in total. The van der Waals surface area contributed by atoms with Gasteiger partial charge in [-0.3, -0.25) is 9.69 Å². The van der Waals surface area contributed by atoms with Crippen molar-refractivity contribution in [1.82, 2.24) is 4.90 Å². The fraction of sp³-hybridized carbons (Fsp3) is 0.682. The third-order valence-corrected chi connectivity index (χ3v) is 8.66. The lowest BCUT2D eigenvalue weighted by atomic mass is 9.94. The average Bonchev–Trinajstić information content (AvgIpc) is 3.09. The summed E-state index contributed by atoms with van der Waals surface area (Å²) in [5.41, 5.74) is 2.09. The molecule has 0 bridgehead atoms. The zero-order valence-electron chi connectivity index (χ0n) is 17.3. The minimum absolute atomic E-state index is 0.00696. The van der Waals surface area contributed by atoms with Crippen LogP contribution in [0.4, 0.5) is 11.4 Å². The van der Waals surface area contributed by atoms with Gasteiger partial charge in [0.25, 0.3) is 0 Å². The molecule has 0 aromatic heterocycles. The predicted octanol–water partition coefficient (Wildman–Crippen LogP) is 2.76. The van der Waals surface area contributed by atoms with Gasteiger partial charge in [-0.2, -0.15) is 0 Å². The molecule has 3 aliphatic heterocycles. The summed E-state index contributed by atoms with van der Waals surface area (Å²) in [4.78, 5) is 17.4. The van der Waals surface area contributed by atoms with Gasteiger partial charge in [-0.25, -0.2) is 8.42 Å². The van der Waals surface area contributed by atoms with E-state index in [0.717, 1.165) is 57.0 Å². The maximum absolute atomic E-state index is 12.7. The van der Waals surface area contributed by atoms with Gasteiger partial charge in [0.2, 0.25) is 5.91 Å². The first-order chi connectivity index (χ1) is 13.9. The summed E-state index contributed by atoms with van der Waals surface area (Å²) >= 11 is 0. The van der Waals surface area contributed by atoms with Gasteiger partial charge in [-0.15, -0.1) is 0 Å². The Hall–Kier alpha value is -1.60. The molecule has 0 spiro atoms. The van der Waals surface area contributed by atoms with Crippen LogP contribution in [0.25, 0.3) is 0 Å². The van der Waals surface area contributed by atoms with Crippen molar-refractivity contribution in [3.8, 4) is 0 Å². The predicted molar refractivity (Wildman–Crippen MR) is 117 cm³/mol. The molecule has 29 heavy (non-hydrogen) atoms. The van der Waals surface area contributed by atoms with Crippen LogP contribution in [0.1, 0.15) is 39.0 Å². The highest BCUT2D eigenvalue weighted by atomic mass is 32.2. The molecule has 0 saturated carbocycles. The van der Waals surface area contributed by atoms with Crippen LogP contribution in [0, 0.1) is 11.8 Å². The van der Waals surface area contributed by atoms with Gasteiger partial charge in [0, 0.05) is 36.4 Å². The number of carbonyl (C=O) groups is 1. The van der Waals surface area contributed by atoms with E-state index in [9.17, 15) is 13.2 Å². The Bertz CT molecular complexity index is 808. The molecule has 1 aromatic carbocycles. The van der Waals surface area contributed by atoms with Crippen molar-refractivity contribution >= 4 is 27.1 Å². The van der Waals surface area contributed by atoms with Crippen LogP contribution < -0.4 is 10.2 Å². The fourth-order valence-electron chi connectivity index (χ4n) is 4.86. The third-order valence-electron chi connectivity index (χ3n) is 6.91. The Morgan fingerprint density at radius 2 is 1.62 bits per heavy atom. The van der Waals surface area contributed by atoms with Gasteiger partial charge in [0.1, 0.15) is 0 Å². The Morgan fingerprint density at radius 3 is 2.21 bits per heavy atom. The van der Waals surface area contributed by atoms with E-state index in [1.165, 1.54) is 18.5 Å². The molecule has 1 N–H and O–H groups in total. The Balaban J connectivity index is 1.26. The molecule has 160 valence electrons. The van der Waals surface area contributed by atoms with E-state index >= 15 is 0 Å². The number of rotatable bonds is 4. The van der Waals surface area contributed by atoms with Gasteiger partial charge in [-0.1, -0.05) is 6.92 Å². The van der Waals surface area contributed by atoms with Crippen LogP contribution >= 0.6 is 0 Å². The summed E-state index contributed by atoms with van der Waals surface area (Å²) in [6, 6.07) is 8.37. The van der Waals surface area contributed by atoms with Crippen LogP contribution in [0.15, 0.2) is 24.3 Å².